The number of para-hydroxylation sites is 2. The lowest BCUT2D eigenvalue weighted by Crippen LogP contribution is -2.24. The Morgan fingerprint density at radius 1 is 0.917 bits per heavy atom. The van der Waals surface area contributed by atoms with E-state index in [0.717, 1.165) is 29.8 Å². The maximum Gasteiger partial charge on any atom is 0.241 e. The standard InChI is InChI=1S/C20H28N2O2/c1-3-4-5-6-11-20(24-19-10-8-7-9-18(19)22)23-16-12-13-17(21)15(2)14-16/h7-10,12-14,20H,3-6,11,21-22H2,1-2H3. The smallest absolute Gasteiger partial charge is 0.241 e. The van der Waals surface area contributed by atoms with Crippen LogP contribution in [0.2, 0.25) is 0 Å². The zero-order valence-corrected chi connectivity index (χ0v) is 14.6. The van der Waals surface area contributed by atoms with Crippen LogP contribution in [0.5, 0.6) is 11.5 Å². The van der Waals surface area contributed by atoms with Crippen molar-refractivity contribution in [3.05, 3.63) is 48.0 Å². The van der Waals surface area contributed by atoms with Crippen LogP contribution in [0.4, 0.5) is 11.4 Å². The fourth-order valence-corrected chi connectivity index (χ4v) is 2.48. The van der Waals surface area contributed by atoms with E-state index in [1.165, 1.54) is 19.3 Å². The highest BCUT2D eigenvalue weighted by molar-refractivity contribution is 5.52. The van der Waals surface area contributed by atoms with E-state index >= 15 is 0 Å². The van der Waals surface area contributed by atoms with Gasteiger partial charge in [0.15, 0.2) is 0 Å². The average Bonchev–Trinajstić information content (AvgIpc) is 2.57. The summed E-state index contributed by atoms with van der Waals surface area (Å²) in [7, 11) is 0. The van der Waals surface area contributed by atoms with E-state index in [-0.39, 0.29) is 6.29 Å². The van der Waals surface area contributed by atoms with E-state index in [4.69, 9.17) is 20.9 Å². The van der Waals surface area contributed by atoms with Crippen LogP contribution in [0.15, 0.2) is 42.5 Å². The molecule has 0 heterocycles. The summed E-state index contributed by atoms with van der Waals surface area (Å²) in [6.45, 7) is 4.17. The molecule has 4 heteroatoms. The Balaban J connectivity index is 2.06. The summed E-state index contributed by atoms with van der Waals surface area (Å²) >= 11 is 0. The molecule has 2 aromatic carbocycles. The minimum atomic E-state index is -0.366. The monoisotopic (exact) mass is 328 g/mol. The third kappa shape index (κ3) is 5.37. The zero-order chi connectivity index (χ0) is 17.4. The second kappa shape index (κ2) is 9.06. The highest BCUT2D eigenvalue weighted by atomic mass is 16.7. The molecule has 0 aliphatic rings. The van der Waals surface area contributed by atoms with Gasteiger partial charge in [0, 0.05) is 12.1 Å². The van der Waals surface area contributed by atoms with Crippen molar-refractivity contribution in [3.63, 3.8) is 0 Å². The minimum absolute atomic E-state index is 0.366. The Hall–Kier alpha value is -2.36. The molecule has 1 unspecified atom stereocenters. The Labute approximate surface area is 144 Å². The van der Waals surface area contributed by atoms with Gasteiger partial charge in [-0.3, -0.25) is 0 Å². The van der Waals surface area contributed by atoms with Gasteiger partial charge >= 0.3 is 0 Å². The Morgan fingerprint density at radius 2 is 1.71 bits per heavy atom. The number of rotatable bonds is 9. The van der Waals surface area contributed by atoms with E-state index in [0.29, 0.717) is 11.4 Å². The molecule has 24 heavy (non-hydrogen) atoms. The lowest BCUT2D eigenvalue weighted by atomic mass is 10.1. The van der Waals surface area contributed by atoms with Crippen molar-refractivity contribution in [1.29, 1.82) is 0 Å². The van der Waals surface area contributed by atoms with Crippen LogP contribution in [0.3, 0.4) is 0 Å². The maximum atomic E-state index is 6.06. The van der Waals surface area contributed by atoms with Crippen LogP contribution in [0.1, 0.15) is 44.6 Å². The SMILES string of the molecule is CCCCCCC(Oc1ccc(N)c(C)c1)Oc1ccccc1N. The summed E-state index contributed by atoms with van der Waals surface area (Å²) < 4.78 is 12.1. The molecule has 130 valence electrons. The van der Waals surface area contributed by atoms with Crippen LogP contribution in [-0.4, -0.2) is 6.29 Å². The van der Waals surface area contributed by atoms with E-state index < -0.39 is 0 Å². The number of aryl methyl sites for hydroxylation is 1. The molecule has 0 aliphatic carbocycles. The highest BCUT2D eigenvalue weighted by Gasteiger charge is 2.14. The average molecular weight is 328 g/mol. The van der Waals surface area contributed by atoms with Crippen LogP contribution in [0.25, 0.3) is 0 Å². The number of nitrogen functional groups attached to an aromatic ring is 2. The number of ether oxygens (including phenoxy) is 2. The molecule has 0 radical (unpaired) electrons. The van der Waals surface area contributed by atoms with E-state index in [9.17, 15) is 0 Å². The largest absolute Gasteiger partial charge is 0.455 e. The maximum absolute atomic E-state index is 6.06. The first-order valence-corrected chi connectivity index (χ1v) is 8.64. The third-order valence-corrected chi connectivity index (χ3v) is 3.98. The second-order valence-electron chi connectivity index (χ2n) is 6.07. The first-order chi connectivity index (χ1) is 11.6. The molecule has 0 bridgehead atoms. The molecule has 0 aliphatic heterocycles. The van der Waals surface area contributed by atoms with Crippen molar-refractivity contribution in [2.24, 2.45) is 0 Å². The van der Waals surface area contributed by atoms with Crippen molar-refractivity contribution in [1.82, 2.24) is 0 Å². The molecular formula is C20H28N2O2. The molecule has 2 aromatic rings. The van der Waals surface area contributed by atoms with Crippen molar-refractivity contribution in [3.8, 4) is 11.5 Å². The van der Waals surface area contributed by atoms with Crippen molar-refractivity contribution >= 4 is 11.4 Å². The fraction of sp³-hybridized carbons (Fsp3) is 0.400. The number of nitrogens with two attached hydrogens (primary N) is 2. The molecule has 0 fully saturated rings. The fourth-order valence-electron chi connectivity index (χ4n) is 2.48. The summed E-state index contributed by atoms with van der Waals surface area (Å²) in [5, 5.41) is 0. The van der Waals surface area contributed by atoms with Gasteiger partial charge in [0.25, 0.3) is 0 Å². The molecule has 2 rings (SSSR count). The summed E-state index contributed by atoms with van der Waals surface area (Å²) in [5.41, 5.74) is 14.2. The predicted molar refractivity (Wildman–Crippen MR) is 100 cm³/mol. The van der Waals surface area contributed by atoms with Gasteiger partial charge in [-0.15, -0.1) is 0 Å². The van der Waals surface area contributed by atoms with Gasteiger partial charge in [0.2, 0.25) is 6.29 Å². The number of hydrogen-bond acceptors (Lipinski definition) is 4. The van der Waals surface area contributed by atoms with Crippen LogP contribution < -0.4 is 20.9 Å². The molecule has 0 saturated carbocycles. The van der Waals surface area contributed by atoms with Crippen molar-refractivity contribution < 1.29 is 9.47 Å². The van der Waals surface area contributed by atoms with E-state index in [2.05, 4.69) is 6.92 Å². The summed E-state index contributed by atoms with van der Waals surface area (Å²) in [6, 6.07) is 13.2. The lowest BCUT2D eigenvalue weighted by molar-refractivity contribution is -0.00190. The molecule has 4 nitrogen and oxygen atoms in total. The van der Waals surface area contributed by atoms with E-state index in [1.54, 1.807) is 0 Å². The summed E-state index contributed by atoms with van der Waals surface area (Å²) in [4.78, 5) is 0. The first kappa shape index (κ1) is 18.0. The number of hydrogen-bond donors (Lipinski definition) is 2. The molecule has 1 atom stereocenters. The second-order valence-corrected chi connectivity index (χ2v) is 6.07. The molecule has 0 saturated heterocycles. The van der Waals surface area contributed by atoms with Gasteiger partial charge in [-0.2, -0.15) is 0 Å². The molecule has 0 aromatic heterocycles. The third-order valence-electron chi connectivity index (χ3n) is 3.98. The van der Waals surface area contributed by atoms with Crippen molar-refractivity contribution in [2.75, 3.05) is 11.5 Å². The van der Waals surface area contributed by atoms with Gasteiger partial charge in [-0.25, -0.2) is 0 Å². The van der Waals surface area contributed by atoms with Gasteiger partial charge in [0.05, 0.1) is 5.69 Å². The topological polar surface area (TPSA) is 70.5 Å². The Bertz CT molecular complexity index is 643. The minimum Gasteiger partial charge on any atom is -0.455 e. The number of benzene rings is 2. The number of anilines is 2. The van der Waals surface area contributed by atoms with Crippen molar-refractivity contribution in [2.45, 2.75) is 52.2 Å². The van der Waals surface area contributed by atoms with Crippen LogP contribution >= 0.6 is 0 Å². The summed E-state index contributed by atoms with van der Waals surface area (Å²) in [5.74, 6) is 1.42. The quantitative estimate of drug-likeness (QED) is 0.389. The summed E-state index contributed by atoms with van der Waals surface area (Å²) in [6.07, 6.45) is 5.10. The van der Waals surface area contributed by atoms with E-state index in [1.807, 2.05) is 49.4 Å². The molecule has 4 N–H and O–H groups in total. The van der Waals surface area contributed by atoms with Crippen LogP contribution in [-0.2, 0) is 0 Å². The molecule has 0 spiro atoms. The van der Waals surface area contributed by atoms with Gasteiger partial charge in [0.1, 0.15) is 11.5 Å². The normalized spacial score (nSPS) is 11.9. The van der Waals surface area contributed by atoms with Gasteiger partial charge < -0.3 is 20.9 Å². The Morgan fingerprint density at radius 3 is 2.42 bits per heavy atom. The molecular weight excluding hydrogens is 300 g/mol. The highest BCUT2D eigenvalue weighted by Crippen LogP contribution is 2.26. The predicted octanol–water partition coefficient (Wildman–Crippen LogP) is 4.91. The Kier molecular flexibility index (Phi) is 6.79. The first-order valence-electron chi connectivity index (χ1n) is 8.64. The number of unbranched alkanes of at least 4 members (excludes halogenated alkanes) is 3. The van der Waals surface area contributed by atoms with Gasteiger partial charge in [-0.05, 0) is 49.2 Å². The zero-order valence-electron chi connectivity index (χ0n) is 14.6. The molecule has 0 amide bonds. The lowest BCUT2D eigenvalue weighted by Gasteiger charge is -2.22. The van der Waals surface area contributed by atoms with Gasteiger partial charge in [-0.1, -0.05) is 38.3 Å². The van der Waals surface area contributed by atoms with Crippen LogP contribution in [0, 0.1) is 6.92 Å².